The number of aliphatic hydroxyl groups is 5. The van der Waals surface area contributed by atoms with Gasteiger partial charge in [-0.15, -0.1) is 0 Å². The molecule has 0 saturated carbocycles. The van der Waals surface area contributed by atoms with E-state index in [0.29, 0.717) is 5.75 Å². The molecule has 0 unspecified atom stereocenters. The summed E-state index contributed by atoms with van der Waals surface area (Å²) in [4.78, 5) is 15.9. The van der Waals surface area contributed by atoms with Crippen molar-refractivity contribution in [2.24, 2.45) is 10.1 Å². The van der Waals surface area contributed by atoms with Gasteiger partial charge in [0.1, 0.15) is 35.9 Å². The molecule has 1 aliphatic heterocycles. The van der Waals surface area contributed by atoms with Crippen LogP contribution in [0.2, 0.25) is 0 Å². The fraction of sp³-hybridized carbons (Fsp3) is 0.353. The number of hydrogen-bond donors (Lipinski definition) is 7. The number of aliphatic imine (C=N–C) groups is 1. The smallest absolute Gasteiger partial charge is 0.276 e. The van der Waals surface area contributed by atoms with Crippen LogP contribution in [0.5, 0.6) is 5.75 Å². The van der Waals surface area contributed by atoms with Gasteiger partial charge in [-0.3, -0.25) is 10.1 Å². The van der Waals surface area contributed by atoms with Gasteiger partial charge in [-0.2, -0.15) is 5.10 Å². The van der Waals surface area contributed by atoms with Gasteiger partial charge in [-0.25, -0.2) is 10.4 Å². The predicted octanol–water partition coefficient (Wildman–Crippen LogP) is -2.47. The predicted molar refractivity (Wildman–Crippen MR) is 99.3 cm³/mol. The second-order valence-electron chi connectivity index (χ2n) is 5.83. The Morgan fingerprint density at radius 3 is 2.50 bits per heavy atom. The first-order chi connectivity index (χ1) is 13.3. The van der Waals surface area contributed by atoms with Gasteiger partial charge < -0.3 is 30.3 Å². The van der Waals surface area contributed by atoms with Crippen molar-refractivity contribution in [3.63, 3.8) is 0 Å². The highest BCUT2D eigenvalue weighted by molar-refractivity contribution is 6.13. The van der Waals surface area contributed by atoms with Crippen LogP contribution in [0.15, 0.2) is 40.1 Å². The largest absolute Gasteiger partial charge is 0.497 e. The maximum Gasteiger partial charge on any atom is 0.276 e. The summed E-state index contributed by atoms with van der Waals surface area (Å²) in [6, 6.07) is 6.98. The third-order valence-corrected chi connectivity index (χ3v) is 3.79. The topological polar surface area (TPSA) is 176 Å². The summed E-state index contributed by atoms with van der Waals surface area (Å²) in [5.41, 5.74) is 3.24. The van der Waals surface area contributed by atoms with Crippen molar-refractivity contribution >= 4 is 24.2 Å². The van der Waals surface area contributed by atoms with E-state index in [2.05, 4.69) is 20.8 Å². The normalized spacial score (nSPS) is 19.9. The summed E-state index contributed by atoms with van der Waals surface area (Å²) < 4.78 is 5.06. The summed E-state index contributed by atoms with van der Waals surface area (Å²) in [7, 11) is 1.55. The molecule has 4 atom stereocenters. The van der Waals surface area contributed by atoms with Gasteiger partial charge in [0.05, 0.1) is 19.9 Å². The van der Waals surface area contributed by atoms with Gasteiger partial charge in [-0.1, -0.05) is 12.1 Å². The zero-order chi connectivity index (χ0) is 20.7. The minimum atomic E-state index is -1.78. The number of ether oxygens (including phenoxy) is 1. The summed E-state index contributed by atoms with van der Waals surface area (Å²) in [5, 5.41) is 52.9. The molecule has 1 aliphatic rings. The van der Waals surface area contributed by atoms with Crippen molar-refractivity contribution < 1.29 is 35.1 Å². The second-order valence-corrected chi connectivity index (χ2v) is 5.83. The number of hydrogen-bond acceptors (Lipinski definition) is 10. The van der Waals surface area contributed by atoms with E-state index >= 15 is 0 Å². The summed E-state index contributed by atoms with van der Waals surface area (Å²) >= 11 is 0. The molecule has 0 bridgehead atoms. The zero-order valence-corrected chi connectivity index (χ0v) is 14.9. The highest BCUT2D eigenvalue weighted by Crippen LogP contribution is 2.15. The molecule has 11 nitrogen and oxygen atoms in total. The average molecular weight is 394 g/mol. The van der Waals surface area contributed by atoms with Crippen LogP contribution < -0.4 is 15.5 Å². The lowest BCUT2D eigenvalue weighted by Crippen LogP contribution is -2.46. The van der Waals surface area contributed by atoms with Crippen LogP contribution in [0, 0.1) is 0 Å². The van der Waals surface area contributed by atoms with Crippen LogP contribution >= 0.6 is 0 Å². The van der Waals surface area contributed by atoms with Crippen LogP contribution in [0.3, 0.4) is 0 Å². The Morgan fingerprint density at radius 1 is 1.21 bits per heavy atom. The number of guanidine groups is 1. The van der Waals surface area contributed by atoms with Crippen molar-refractivity contribution in [3.05, 3.63) is 35.5 Å². The SMILES string of the molecule is COc1ccc(/C=C2\N=C(N/N=C/[C@H](O)[C@H](O)[C@H](O)[C@H](O)CO)NC2=O)cc1. The zero-order valence-electron chi connectivity index (χ0n) is 14.9. The Bertz CT molecular complexity index is 763. The number of hydrazone groups is 1. The Hall–Kier alpha value is -2.83. The minimum Gasteiger partial charge on any atom is -0.497 e. The molecule has 11 heteroatoms. The van der Waals surface area contributed by atoms with Gasteiger partial charge in [0.25, 0.3) is 5.91 Å². The van der Waals surface area contributed by atoms with E-state index in [1.807, 2.05) is 0 Å². The van der Waals surface area contributed by atoms with Crippen LogP contribution in [0.25, 0.3) is 6.08 Å². The quantitative estimate of drug-likeness (QED) is 0.144. The molecule has 1 aromatic carbocycles. The Kier molecular flexibility index (Phi) is 7.61. The first-order valence-corrected chi connectivity index (χ1v) is 8.23. The Balaban J connectivity index is 1.97. The minimum absolute atomic E-state index is 0.00126. The second kappa shape index (κ2) is 9.92. The lowest BCUT2D eigenvalue weighted by molar-refractivity contribution is -0.115. The molecule has 1 aromatic rings. The van der Waals surface area contributed by atoms with E-state index in [0.717, 1.165) is 11.8 Å². The lowest BCUT2D eigenvalue weighted by atomic mass is 10.0. The molecule has 0 spiro atoms. The van der Waals surface area contributed by atoms with Crippen LogP contribution in [0.1, 0.15) is 5.56 Å². The number of methoxy groups -OCH3 is 1. The van der Waals surface area contributed by atoms with Crippen LogP contribution in [0.4, 0.5) is 0 Å². The summed E-state index contributed by atoms with van der Waals surface area (Å²) in [5.74, 6) is 0.213. The van der Waals surface area contributed by atoms with Gasteiger partial charge in [0.2, 0.25) is 5.96 Å². The van der Waals surface area contributed by atoms with E-state index < -0.39 is 36.9 Å². The fourth-order valence-corrected chi connectivity index (χ4v) is 2.18. The van der Waals surface area contributed by atoms with Crippen molar-refractivity contribution in [2.45, 2.75) is 24.4 Å². The molecule has 0 fully saturated rings. The van der Waals surface area contributed by atoms with Crippen molar-refractivity contribution in [1.29, 1.82) is 0 Å². The number of carbonyl (C=O) groups is 1. The van der Waals surface area contributed by atoms with E-state index in [1.54, 1.807) is 37.5 Å². The molecule has 1 amide bonds. The number of nitrogens with zero attached hydrogens (tertiary/aromatic N) is 2. The fourth-order valence-electron chi connectivity index (χ4n) is 2.18. The maximum absolute atomic E-state index is 11.9. The molecule has 0 aliphatic carbocycles. The van der Waals surface area contributed by atoms with E-state index in [4.69, 9.17) is 9.84 Å². The molecule has 2 rings (SSSR count). The Morgan fingerprint density at radius 2 is 1.89 bits per heavy atom. The summed E-state index contributed by atoms with van der Waals surface area (Å²) in [6.45, 7) is -0.785. The maximum atomic E-state index is 11.9. The number of nitrogens with one attached hydrogen (secondary N) is 2. The molecule has 152 valence electrons. The van der Waals surface area contributed by atoms with Gasteiger partial charge >= 0.3 is 0 Å². The molecular formula is C17H22N4O7. The number of rotatable bonds is 8. The Labute approximate surface area is 160 Å². The number of benzene rings is 1. The van der Waals surface area contributed by atoms with Crippen LogP contribution in [-0.2, 0) is 4.79 Å². The molecule has 0 radical (unpaired) electrons. The summed E-state index contributed by atoms with van der Waals surface area (Å²) in [6.07, 6.45) is -4.41. The number of amides is 1. The molecule has 1 heterocycles. The van der Waals surface area contributed by atoms with E-state index in [-0.39, 0.29) is 11.7 Å². The highest BCUT2D eigenvalue weighted by atomic mass is 16.5. The molecule has 28 heavy (non-hydrogen) atoms. The number of aliphatic hydroxyl groups excluding tert-OH is 5. The van der Waals surface area contributed by atoms with E-state index in [1.165, 1.54) is 0 Å². The molecule has 0 aromatic heterocycles. The average Bonchev–Trinajstić information content (AvgIpc) is 3.05. The molecular weight excluding hydrogens is 372 g/mol. The third-order valence-electron chi connectivity index (χ3n) is 3.79. The first kappa shape index (κ1) is 21.5. The molecule has 7 N–H and O–H groups in total. The van der Waals surface area contributed by atoms with Crippen molar-refractivity contribution in [3.8, 4) is 5.75 Å². The lowest BCUT2D eigenvalue weighted by Gasteiger charge is -2.23. The highest BCUT2D eigenvalue weighted by Gasteiger charge is 2.29. The van der Waals surface area contributed by atoms with E-state index in [9.17, 15) is 25.2 Å². The van der Waals surface area contributed by atoms with Gasteiger partial charge in [-0.05, 0) is 23.8 Å². The molecule has 0 saturated heterocycles. The first-order valence-electron chi connectivity index (χ1n) is 8.23. The number of carbonyl (C=O) groups excluding carboxylic acids is 1. The van der Waals surface area contributed by atoms with Gasteiger partial charge in [0, 0.05) is 0 Å². The monoisotopic (exact) mass is 394 g/mol. The van der Waals surface area contributed by atoms with Crippen molar-refractivity contribution in [2.75, 3.05) is 13.7 Å². The third kappa shape index (κ3) is 5.58. The van der Waals surface area contributed by atoms with Gasteiger partial charge in [0.15, 0.2) is 0 Å². The standard InChI is InChI=1S/C17H22N4O7/c1-28-10-4-2-9(3-5-10)6-11-16(27)20-17(19-11)21-18-7-12(23)14(25)15(26)13(24)8-22/h2-7,12-15,22-26H,8H2,1H3,(H2,19,20,21,27)/b11-6-,18-7+/t12-,13+,14-,15+/m0/s1. The van der Waals surface area contributed by atoms with Crippen LogP contribution in [-0.4, -0.2) is 81.7 Å². The van der Waals surface area contributed by atoms with Crippen molar-refractivity contribution in [1.82, 2.24) is 10.7 Å².